The molecule has 1 aromatic heterocycles. The molecule has 0 spiro atoms. The van der Waals surface area contributed by atoms with Crippen LogP contribution in [0.4, 0.5) is 0 Å². The first-order chi connectivity index (χ1) is 34.6. The number of hydrogen-bond donors (Lipinski definition) is 0. The van der Waals surface area contributed by atoms with Gasteiger partial charge in [0.2, 0.25) is 0 Å². The second-order valence-corrected chi connectivity index (χ2v) is 12.5. The third kappa shape index (κ3) is 4.79. The predicted molar refractivity (Wildman–Crippen MR) is 225 cm³/mol. The van der Waals surface area contributed by atoms with Crippen LogP contribution >= 0.6 is 0 Å². The Labute approximate surface area is 335 Å². The molecular weight excluding hydrogens is 641 g/mol. The molecule has 0 fully saturated rings. The van der Waals surface area contributed by atoms with Crippen LogP contribution in [0, 0.1) is 0 Å². The molecule has 246 valence electrons. The summed E-state index contributed by atoms with van der Waals surface area (Å²) in [6, 6.07) is 8.70. The Morgan fingerprint density at radius 2 is 0.887 bits per heavy atom. The van der Waals surface area contributed by atoms with Crippen LogP contribution < -0.4 is 0 Å². The van der Waals surface area contributed by atoms with Crippen molar-refractivity contribution in [3.63, 3.8) is 0 Å². The van der Waals surface area contributed by atoms with Gasteiger partial charge >= 0.3 is 0 Å². The zero-order chi connectivity index (χ0) is 52.3. The fraction of sp³-hybridized carbons (Fsp3) is 0. The molecule has 0 radical (unpaired) electrons. The topological polar surface area (TPSA) is 13.1 Å². The number of rotatable bonds is 4. The Kier molecular flexibility index (Phi) is 3.60. The van der Waals surface area contributed by atoms with Gasteiger partial charge in [-0.15, -0.1) is 0 Å². The summed E-state index contributed by atoms with van der Waals surface area (Å²) in [6.07, 6.45) is 0. The van der Waals surface area contributed by atoms with Gasteiger partial charge in [0.1, 0.15) is 11.2 Å². The van der Waals surface area contributed by atoms with Crippen molar-refractivity contribution in [2.75, 3.05) is 0 Å². The third-order valence-electron chi connectivity index (χ3n) is 9.62. The maximum absolute atomic E-state index is 9.50. The van der Waals surface area contributed by atoms with Gasteiger partial charge in [-0.1, -0.05) is 157 Å². The van der Waals surface area contributed by atoms with Gasteiger partial charge in [-0.3, -0.25) is 0 Å². The molecule has 11 aromatic rings. The fourth-order valence-electron chi connectivity index (χ4n) is 7.24. The quantitative estimate of drug-likeness (QED) is 0.167. The number of fused-ring (bicyclic) bond motifs is 7. The molecule has 53 heavy (non-hydrogen) atoms. The van der Waals surface area contributed by atoms with E-state index in [0.717, 1.165) is 16.3 Å². The minimum absolute atomic E-state index is 0.00959. The Hall–Kier alpha value is -6.96. The molecule has 0 aliphatic rings. The molecule has 1 nitrogen and oxygen atoms in total. The van der Waals surface area contributed by atoms with Crippen molar-refractivity contribution in [3.05, 3.63) is 194 Å². The lowest BCUT2D eigenvalue weighted by atomic mass is 9.84. The molecule has 0 aliphatic heterocycles. The molecule has 11 rings (SSSR count). The minimum Gasteiger partial charge on any atom is -0.456 e. The fourth-order valence-corrected chi connectivity index (χ4v) is 7.24. The first-order valence-corrected chi connectivity index (χ1v) is 16.6. The molecule has 1 heteroatoms. The normalized spacial score (nSPS) is 17.1. The highest BCUT2D eigenvalue weighted by Gasteiger charge is 2.18. The van der Waals surface area contributed by atoms with Crippen molar-refractivity contribution in [1.82, 2.24) is 0 Å². The molecule has 1 heterocycles. The van der Waals surface area contributed by atoms with Crippen molar-refractivity contribution in [1.29, 1.82) is 0 Å². The molecule has 0 N–H and O–H groups in total. The summed E-state index contributed by atoms with van der Waals surface area (Å²) >= 11 is 0. The lowest BCUT2D eigenvalue weighted by Crippen LogP contribution is -1.92. The summed E-state index contributed by atoms with van der Waals surface area (Å²) < 4.78 is 183. The van der Waals surface area contributed by atoms with Crippen LogP contribution in [0.1, 0.15) is 27.4 Å². The summed E-state index contributed by atoms with van der Waals surface area (Å²) in [6.45, 7) is 0. The highest BCUT2D eigenvalue weighted by atomic mass is 16.3. The van der Waals surface area contributed by atoms with Gasteiger partial charge in [0, 0.05) is 10.8 Å². The largest absolute Gasteiger partial charge is 0.456 e. The average molecular weight is 693 g/mol. The van der Waals surface area contributed by atoms with Crippen LogP contribution in [0.5, 0.6) is 0 Å². The lowest BCUT2D eigenvalue weighted by Gasteiger charge is -2.19. The summed E-state index contributed by atoms with van der Waals surface area (Å²) in [7, 11) is 0. The van der Waals surface area contributed by atoms with E-state index in [-0.39, 0.29) is 44.8 Å². The SMILES string of the molecule is [2H]c1c([2H])c([2H])c(-c2ccc3c(c2)oc2cc(-c4ccc5c(-c6c7c([2H])c([2H])c([2H])c([2H])c7c(-c7c([2H])c([2H])c8c([2H])c([2H])c([2H])c([2H])c8c7[2H])c7c([2H])c([2H])c([2H])c([2H])c67)cccc5c4)ccc23)c([2H])c1[2H]. The van der Waals surface area contributed by atoms with E-state index in [1.165, 1.54) is 0 Å². The van der Waals surface area contributed by atoms with Crippen LogP contribution in [-0.2, 0) is 0 Å². The Balaban J connectivity index is 1.17. The van der Waals surface area contributed by atoms with Crippen molar-refractivity contribution in [2.45, 2.75) is 0 Å². The van der Waals surface area contributed by atoms with E-state index >= 15 is 0 Å². The van der Waals surface area contributed by atoms with Gasteiger partial charge in [-0.25, -0.2) is 0 Å². The van der Waals surface area contributed by atoms with Crippen molar-refractivity contribution >= 4 is 65.0 Å². The molecule has 0 unspecified atom stereocenters. The highest BCUT2D eigenvalue weighted by Crippen LogP contribution is 2.46. The van der Waals surface area contributed by atoms with E-state index in [1.807, 2.05) is 24.3 Å². The third-order valence-corrected chi connectivity index (χ3v) is 9.62. The van der Waals surface area contributed by atoms with Gasteiger partial charge in [0.25, 0.3) is 0 Å². The van der Waals surface area contributed by atoms with Crippen molar-refractivity contribution in [3.8, 4) is 44.5 Å². The van der Waals surface area contributed by atoms with Crippen LogP contribution in [0.15, 0.2) is 198 Å². The Bertz CT molecular complexity index is 4280. The summed E-state index contributed by atoms with van der Waals surface area (Å²) in [5.74, 6) is 0. The van der Waals surface area contributed by atoms with E-state index < -0.39 is 131 Å². The summed E-state index contributed by atoms with van der Waals surface area (Å²) in [5.41, 5.74) is 2.14. The Morgan fingerprint density at radius 1 is 0.340 bits per heavy atom. The van der Waals surface area contributed by atoms with Crippen molar-refractivity contribution in [2.24, 2.45) is 0 Å². The van der Waals surface area contributed by atoms with Gasteiger partial charge < -0.3 is 4.42 Å². The lowest BCUT2D eigenvalue weighted by molar-refractivity contribution is 0.669. The monoisotopic (exact) mass is 692 g/mol. The van der Waals surface area contributed by atoms with Crippen LogP contribution in [0.25, 0.3) is 110 Å². The van der Waals surface area contributed by atoms with Gasteiger partial charge in [-0.2, -0.15) is 0 Å². The maximum Gasteiger partial charge on any atom is 0.136 e. The maximum atomic E-state index is 9.50. The van der Waals surface area contributed by atoms with Gasteiger partial charge in [0.05, 0.1) is 27.4 Å². The number of hydrogen-bond acceptors (Lipinski definition) is 1. The van der Waals surface area contributed by atoms with E-state index in [4.69, 9.17) is 23.6 Å². The van der Waals surface area contributed by atoms with E-state index in [0.29, 0.717) is 38.6 Å². The van der Waals surface area contributed by atoms with Gasteiger partial charge in [-0.05, 0) is 124 Å². The van der Waals surface area contributed by atoms with Crippen molar-refractivity contribution < 1.29 is 31.8 Å². The Morgan fingerprint density at radius 3 is 1.57 bits per heavy atom. The summed E-state index contributed by atoms with van der Waals surface area (Å²) in [4.78, 5) is 0. The molecular formula is C52H32O. The molecule has 0 saturated heterocycles. The van der Waals surface area contributed by atoms with E-state index in [1.54, 1.807) is 48.5 Å². The smallest absolute Gasteiger partial charge is 0.136 e. The zero-order valence-electron chi connectivity index (χ0n) is 47.3. The standard InChI is InChI=1S/C52H32O/c1-2-11-33(12-3-1)37-24-27-42-43-28-25-38(32-50(43)53-49(42)31-37)36-23-26-41-39(29-36)15-10-20-44(41)52-47-18-8-6-16-45(47)51(46-17-7-9-19-48(46)52)40-22-21-34-13-4-5-14-35(34)30-40/h1-32H/i1D,2D,3D,4D,5D,6D,7D,8D,9D,11D,12D,13D,14D,16D,17D,18D,19D,21D,22D,30D. The van der Waals surface area contributed by atoms with Gasteiger partial charge in [0.15, 0.2) is 0 Å². The first kappa shape index (κ1) is 16.2. The molecule has 0 aliphatic carbocycles. The minimum atomic E-state index is -0.769. The molecule has 10 aromatic carbocycles. The molecule has 0 atom stereocenters. The second kappa shape index (κ2) is 11.8. The molecule has 0 saturated carbocycles. The highest BCUT2D eigenvalue weighted by molar-refractivity contribution is 6.24. The van der Waals surface area contributed by atoms with Crippen LogP contribution in [0.3, 0.4) is 0 Å². The van der Waals surface area contributed by atoms with Crippen LogP contribution in [-0.4, -0.2) is 0 Å². The summed E-state index contributed by atoms with van der Waals surface area (Å²) in [5, 5.41) is 0.586. The number of benzene rings is 10. The van der Waals surface area contributed by atoms with Crippen LogP contribution in [0.2, 0.25) is 0 Å². The zero-order valence-corrected chi connectivity index (χ0v) is 27.3. The first-order valence-electron chi connectivity index (χ1n) is 26.6. The predicted octanol–water partition coefficient (Wildman–Crippen LogP) is 14.9. The van der Waals surface area contributed by atoms with E-state index in [2.05, 4.69) is 0 Å². The molecule has 0 amide bonds. The molecule has 0 bridgehead atoms. The number of furan rings is 1. The average Bonchev–Trinajstić information content (AvgIpc) is 3.75. The van der Waals surface area contributed by atoms with E-state index in [9.17, 15) is 8.22 Å². The second-order valence-electron chi connectivity index (χ2n) is 12.5.